The zero-order valence-corrected chi connectivity index (χ0v) is 6.60. The van der Waals surface area contributed by atoms with Crippen LogP contribution in [0.4, 0.5) is 4.39 Å². The van der Waals surface area contributed by atoms with Crippen LogP contribution in [0.1, 0.15) is 15.9 Å². The normalized spacial score (nSPS) is 9.08. The van der Waals surface area contributed by atoms with Crippen LogP contribution in [0.3, 0.4) is 0 Å². The molecule has 4 heteroatoms. The second kappa shape index (κ2) is 3.33. The number of nitriles is 1. The predicted molar refractivity (Wildman–Crippen MR) is 41.5 cm³/mol. The zero-order valence-electron chi connectivity index (χ0n) is 5.84. The molecule has 12 heavy (non-hydrogen) atoms. The van der Waals surface area contributed by atoms with Gasteiger partial charge in [-0.05, 0) is 12.1 Å². The van der Waals surface area contributed by atoms with Crippen LogP contribution < -0.4 is 0 Å². The fourth-order valence-electron chi connectivity index (χ4n) is 0.764. The third kappa shape index (κ3) is 1.29. The Labute approximate surface area is 73.2 Å². The highest BCUT2D eigenvalue weighted by Gasteiger charge is 2.10. The molecule has 0 aromatic heterocycles. The van der Waals surface area contributed by atoms with Crippen molar-refractivity contribution < 1.29 is 9.18 Å². The Balaban J connectivity index is 3.46. The Morgan fingerprint density at radius 3 is 2.75 bits per heavy atom. The first-order valence-electron chi connectivity index (χ1n) is 3.04. The number of hydrogen-bond donors (Lipinski definition) is 0. The minimum Gasteiger partial charge on any atom is -0.298 e. The van der Waals surface area contributed by atoms with Gasteiger partial charge < -0.3 is 0 Å². The maximum Gasteiger partial charge on any atom is 0.154 e. The summed E-state index contributed by atoms with van der Waals surface area (Å²) in [5, 5.41) is 8.40. The number of carbonyl (C=O) groups is 1. The molecule has 0 saturated heterocycles. The number of halogens is 2. The van der Waals surface area contributed by atoms with Gasteiger partial charge in [-0.1, -0.05) is 11.6 Å². The lowest BCUT2D eigenvalue weighted by Crippen LogP contribution is -1.92. The second-order valence-electron chi connectivity index (χ2n) is 2.05. The standard InChI is InChI=1S/C8H3ClFNO/c9-7-2-1-5(3-11)8(10)6(7)4-12/h1-2,4H. The molecular weight excluding hydrogens is 181 g/mol. The van der Waals surface area contributed by atoms with Gasteiger partial charge in [-0.3, -0.25) is 4.79 Å². The number of rotatable bonds is 1. The summed E-state index contributed by atoms with van der Waals surface area (Å²) in [7, 11) is 0. The Morgan fingerprint density at radius 1 is 1.58 bits per heavy atom. The Kier molecular flexibility index (Phi) is 2.41. The topological polar surface area (TPSA) is 40.9 Å². The minimum absolute atomic E-state index is 0.0153. The first-order valence-corrected chi connectivity index (χ1v) is 3.41. The Bertz CT molecular complexity index is 370. The van der Waals surface area contributed by atoms with Crippen molar-refractivity contribution in [2.75, 3.05) is 0 Å². The number of hydrogen-bond acceptors (Lipinski definition) is 2. The molecule has 0 bridgehead atoms. The molecule has 0 aliphatic heterocycles. The smallest absolute Gasteiger partial charge is 0.154 e. The summed E-state index contributed by atoms with van der Waals surface area (Å²) in [6, 6.07) is 4.14. The second-order valence-corrected chi connectivity index (χ2v) is 2.46. The molecule has 0 unspecified atom stereocenters. The maximum absolute atomic E-state index is 13.0. The van der Waals surface area contributed by atoms with Crippen molar-refractivity contribution in [2.24, 2.45) is 0 Å². The van der Waals surface area contributed by atoms with Gasteiger partial charge in [0.05, 0.1) is 16.1 Å². The van der Waals surface area contributed by atoms with Crippen molar-refractivity contribution in [3.8, 4) is 6.07 Å². The Morgan fingerprint density at radius 2 is 2.25 bits per heavy atom. The van der Waals surface area contributed by atoms with Crippen molar-refractivity contribution >= 4 is 17.9 Å². The van der Waals surface area contributed by atoms with Crippen LogP contribution in [-0.2, 0) is 0 Å². The monoisotopic (exact) mass is 183 g/mol. The fraction of sp³-hybridized carbons (Fsp3) is 0. The lowest BCUT2D eigenvalue weighted by molar-refractivity contribution is 0.112. The fourth-order valence-corrected chi connectivity index (χ4v) is 0.954. The van der Waals surface area contributed by atoms with Gasteiger partial charge in [0.25, 0.3) is 0 Å². The van der Waals surface area contributed by atoms with Gasteiger partial charge in [0.15, 0.2) is 12.1 Å². The van der Waals surface area contributed by atoms with E-state index in [1.807, 2.05) is 0 Å². The van der Waals surface area contributed by atoms with E-state index in [1.54, 1.807) is 6.07 Å². The SMILES string of the molecule is N#Cc1ccc(Cl)c(C=O)c1F. The van der Waals surface area contributed by atoms with Crippen LogP contribution in [0.15, 0.2) is 12.1 Å². The molecule has 0 aliphatic carbocycles. The van der Waals surface area contributed by atoms with E-state index in [1.165, 1.54) is 12.1 Å². The molecule has 0 aliphatic rings. The molecule has 0 spiro atoms. The van der Waals surface area contributed by atoms with Gasteiger partial charge >= 0.3 is 0 Å². The van der Waals surface area contributed by atoms with Gasteiger partial charge in [-0.15, -0.1) is 0 Å². The number of aldehydes is 1. The predicted octanol–water partition coefficient (Wildman–Crippen LogP) is 2.16. The van der Waals surface area contributed by atoms with Crippen molar-refractivity contribution in [1.82, 2.24) is 0 Å². The first kappa shape index (κ1) is 8.69. The maximum atomic E-state index is 13.0. The molecule has 60 valence electrons. The first-order chi connectivity index (χ1) is 5.70. The van der Waals surface area contributed by atoms with Gasteiger partial charge in [0.2, 0.25) is 0 Å². The van der Waals surface area contributed by atoms with Crippen LogP contribution in [0.2, 0.25) is 5.02 Å². The van der Waals surface area contributed by atoms with Gasteiger partial charge in [-0.2, -0.15) is 5.26 Å². The van der Waals surface area contributed by atoms with E-state index in [0.717, 1.165) is 0 Å². The number of benzene rings is 1. The van der Waals surface area contributed by atoms with E-state index in [4.69, 9.17) is 16.9 Å². The summed E-state index contributed by atoms with van der Waals surface area (Å²) in [6.07, 6.45) is 0.290. The van der Waals surface area contributed by atoms with Crippen LogP contribution in [0.5, 0.6) is 0 Å². The molecule has 0 fully saturated rings. The highest BCUT2D eigenvalue weighted by Crippen LogP contribution is 2.19. The largest absolute Gasteiger partial charge is 0.298 e. The van der Waals surface area contributed by atoms with E-state index in [2.05, 4.69) is 0 Å². The van der Waals surface area contributed by atoms with Crippen LogP contribution in [-0.4, -0.2) is 6.29 Å². The Hall–Kier alpha value is -1.40. The van der Waals surface area contributed by atoms with Gasteiger partial charge in [0, 0.05) is 0 Å². The van der Waals surface area contributed by atoms with Gasteiger partial charge in [-0.25, -0.2) is 4.39 Å². The summed E-state index contributed by atoms with van der Waals surface area (Å²) in [5.41, 5.74) is -0.447. The molecule has 1 aromatic rings. The highest BCUT2D eigenvalue weighted by molar-refractivity contribution is 6.33. The molecule has 0 N–H and O–H groups in total. The van der Waals surface area contributed by atoms with Gasteiger partial charge in [0.1, 0.15) is 6.07 Å². The van der Waals surface area contributed by atoms with E-state index in [9.17, 15) is 9.18 Å². The van der Waals surface area contributed by atoms with Crippen molar-refractivity contribution in [1.29, 1.82) is 5.26 Å². The molecule has 0 radical (unpaired) electrons. The lowest BCUT2D eigenvalue weighted by Gasteiger charge is -1.98. The van der Waals surface area contributed by atoms with Crippen molar-refractivity contribution in [2.45, 2.75) is 0 Å². The van der Waals surface area contributed by atoms with Crippen LogP contribution in [0, 0.1) is 17.1 Å². The van der Waals surface area contributed by atoms with E-state index >= 15 is 0 Å². The molecule has 1 rings (SSSR count). The highest BCUT2D eigenvalue weighted by atomic mass is 35.5. The third-order valence-electron chi connectivity index (χ3n) is 1.36. The average molecular weight is 184 g/mol. The zero-order chi connectivity index (χ0) is 9.14. The summed E-state index contributed by atoms with van der Waals surface area (Å²) >= 11 is 5.48. The minimum atomic E-state index is -0.861. The van der Waals surface area contributed by atoms with Crippen LogP contribution in [0.25, 0.3) is 0 Å². The van der Waals surface area contributed by atoms with Crippen LogP contribution >= 0.6 is 11.6 Å². The van der Waals surface area contributed by atoms with E-state index in [0.29, 0.717) is 6.29 Å². The molecular formula is C8H3ClFNO. The van der Waals surface area contributed by atoms with Crippen molar-refractivity contribution in [3.05, 3.63) is 34.1 Å². The summed E-state index contributed by atoms with van der Waals surface area (Å²) in [6.45, 7) is 0. The molecule has 0 heterocycles. The third-order valence-corrected chi connectivity index (χ3v) is 1.69. The molecule has 2 nitrogen and oxygen atoms in total. The average Bonchev–Trinajstić information content (AvgIpc) is 2.06. The number of nitrogens with zero attached hydrogens (tertiary/aromatic N) is 1. The summed E-state index contributed by atoms with van der Waals surface area (Å²) in [4.78, 5) is 10.3. The summed E-state index contributed by atoms with van der Waals surface area (Å²) in [5.74, 6) is -0.861. The van der Waals surface area contributed by atoms with E-state index in [-0.39, 0.29) is 16.1 Å². The van der Waals surface area contributed by atoms with E-state index < -0.39 is 5.82 Å². The molecule has 0 atom stereocenters. The van der Waals surface area contributed by atoms with Crippen molar-refractivity contribution in [3.63, 3.8) is 0 Å². The lowest BCUT2D eigenvalue weighted by atomic mass is 10.1. The number of carbonyl (C=O) groups excluding carboxylic acids is 1. The molecule has 1 aromatic carbocycles. The molecule has 0 saturated carbocycles. The quantitative estimate of drug-likeness (QED) is 0.626. The molecule has 0 amide bonds. The summed E-state index contributed by atoms with van der Waals surface area (Å²) < 4.78 is 13.0.